The molecule has 1 aliphatic rings. The van der Waals surface area contributed by atoms with Crippen LogP contribution in [0.15, 0.2) is 54.1 Å². The van der Waals surface area contributed by atoms with Crippen LogP contribution in [-0.2, 0) is 22.4 Å². The van der Waals surface area contributed by atoms with E-state index in [-0.39, 0.29) is 17.4 Å². The number of nitrogens with one attached hydrogen (secondary N) is 1. The van der Waals surface area contributed by atoms with Crippen LogP contribution < -0.4 is 10.4 Å². The number of carbonyl (C=O) groups excluding carboxylic acids is 2. The third kappa shape index (κ3) is 3.08. The molecule has 2 aromatic rings. The first-order valence-electron chi connectivity index (χ1n) is 8.17. The van der Waals surface area contributed by atoms with Crippen molar-refractivity contribution in [3.63, 3.8) is 0 Å². The van der Waals surface area contributed by atoms with Gasteiger partial charge in [0.1, 0.15) is 5.57 Å². The summed E-state index contributed by atoms with van der Waals surface area (Å²) in [5.41, 5.74) is 6.69. The number of hydrazine groups is 1. The van der Waals surface area contributed by atoms with Crippen LogP contribution in [0.25, 0.3) is 6.08 Å². The Morgan fingerprint density at radius 2 is 1.42 bits per heavy atom. The molecule has 2 aromatic carbocycles. The molecule has 0 aliphatic carbocycles. The monoisotopic (exact) mass is 320 g/mol. The highest BCUT2D eigenvalue weighted by atomic mass is 16.2. The number of rotatable bonds is 4. The Labute approximate surface area is 141 Å². The van der Waals surface area contributed by atoms with Gasteiger partial charge in [-0.15, -0.1) is 0 Å². The second-order valence-electron chi connectivity index (χ2n) is 5.75. The molecule has 4 nitrogen and oxygen atoms in total. The summed E-state index contributed by atoms with van der Waals surface area (Å²) in [4.78, 5) is 24.7. The molecular weight excluding hydrogens is 300 g/mol. The van der Waals surface area contributed by atoms with Gasteiger partial charge in [0.25, 0.3) is 11.8 Å². The van der Waals surface area contributed by atoms with E-state index >= 15 is 0 Å². The summed E-state index contributed by atoms with van der Waals surface area (Å²) in [6.45, 7) is 4.16. The van der Waals surface area contributed by atoms with E-state index in [0.717, 1.165) is 18.4 Å². The molecule has 0 bridgehead atoms. The summed E-state index contributed by atoms with van der Waals surface area (Å²) in [7, 11) is 0. The minimum Gasteiger partial charge on any atom is -0.267 e. The Bertz CT molecular complexity index is 789. The van der Waals surface area contributed by atoms with E-state index in [1.165, 1.54) is 16.1 Å². The smallest absolute Gasteiger partial charge is 0.267 e. The van der Waals surface area contributed by atoms with Crippen LogP contribution in [-0.4, -0.2) is 11.8 Å². The van der Waals surface area contributed by atoms with Gasteiger partial charge >= 0.3 is 0 Å². The van der Waals surface area contributed by atoms with Gasteiger partial charge in [-0.3, -0.25) is 15.0 Å². The number of benzene rings is 2. The molecule has 4 heteroatoms. The van der Waals surface area contributed by atoms with Gasteiger partial charge < -0.3 is 0 Å². The Morgan fingerprint density at radius 1 is 0.875 bits per heavy atom. The topological polar surface area (TPSA) is 49.4 Å². The lowest BCUT2D eigenvalue weighted by atomic mass is 10.1. The van der Waals surface area contributed by atoms with Crippen molar-refractivity contribution in [3.05, 3.63) is 70.8 Å². The molecule has 1 N–H and O–H groups in total. The van der Waals surface area contributed by atoms with Crippen molar-refractivity contribution in [2.24, 2.45) is 0 Å². The number of hydrogen-bond acceptors (Lipinski definition) is 2. The molecule has 0 aromatic heterocycles. The van der Waals surface area contributed by atoms with Crippen LogP contribution >= 0.6 is 0 Å². The number of nitrogens with zero attached hydrogens (tertiary/aromatic N) is 1. The van der Waals surface area contributed by atoms with Gasteiger partial charge in [0.05, 0.1) is 5.69 Å². The van der Waals surface area contributed by atoms with Crippen LogP contribution in [0.4, 0.5) is 5.69 Å². The lowest BCUT2D eigenvalue weighted by molar-refractivity contribution is -0.117. The summed E-state index contributed by atoms with van der Waals surface area (Å²) in [5.74, 6) is -0.706. The fourth-order valence-corrected chi connectivity index (χ4v) is 2.64. The fourth-order valence-electron chi connectivity index (χ4n) is 2.64. The van der Waals surface area contributed by atoms with Gasteiger partial charge in [-0.2, -0.15) is 0 Å². The highest BCUT2D eigenvalue weighted by Crippen LogP contribution is 2.22. The molecule has 0 unspecified atom stereocenters. The van der Waals surface area contributed by atoms with E-state index in [0.29, 0.717) is 5.69 Å². The van der Waals surface area contributed by atoms with Crippen LogP contribution in [0.1, 0.15) is 30.5 Å². The van der Waals surface area contributed by atoms with Gasteiger partial charge in [-0.1, -0.05) is 50.2 Å². The molecular formula is C20H20N2O2. The molecule has 1 saturated heterocycles. The number of aryl methyl sites for hydroxylation is 2. The standard InChI is InChI=1S/C20H20N2O2/c1-3-14-5-7-16(8-6-14)13-18-19(23)21-22(20(18)24)17-11-9-15(4-2)10-12-17/h5-13H,3-4H2,1-2H3,(H,21,23). The molecule has 1 heterocycles. The molecule has 0 spiro atoms. The van der Waals surface area contributed by atoms with Crippen molar-refractivity contribution in [2.45, 2.75) is 26.7 Å². The molecule has 1 aliphatic heterocycles. The number of hydrogen-bond donors (Lipinski definition) is 1. The third-order valence-electron chi connectivity index (χ3n) is 4.19. The van der Waals surface area contributed by atoms with Crippen molar-refractivity contribution >= 4 is 23.6 Å². The van der Waals surface area contributed by atoms with Crippen LogP contribution in [0.3, 0.4) is 0 Å². The zero-order chi connectivity index (χ0) is 17.1. The predicted octanol–water partition coefficient (Wildman–Crippen LogP) is 3.27. The van der Waals surface area contributed by atoms with Crippen LogP contribution in [0.2, 0.25) is 0 Å². The number of carbonyl (C=O) groups is 2. The first-order valence-corrected chi connectivity index (χ1v) is 8.17. The Balaban J connectivity index is 1.86. The Hall–Kier alpha value is -2.88. The van der Waals surface area contributed by atoms with E-state index in [9.17, 15) is 9.59 Å². The fraction of sp³-hybridized carbons (Fsp3) is 0.200. The van der Waals surface area contributed by atoms with Gasteiger partial charge in [0.2, 0.25) is 0 Å². The minimum absolute atomic E-state index is 0.152. The highest BCUT2D eigenvalue weighted by Gasteiger charge is 2.34. The minimum atomic E-state index is -0.376. The molecule has 0 saturated carbocycles. The van der Waals surface area contributed by atoms with Crippen LogP contribution in [0, 0.1) is 0 Å². The summed E-state index contributed by atoms with van der Waals surface area (Å²) in [6.07, 6.45) is 3.52. The average Bonchev–Trinajstić information content (AvgIpc) is 2.90. The molecule has 122 valence electrons. The zero-order valence-electron chi connectivity index (χ0n) is 13.9. The maximum atomic E-state index is 12.6. The zero-order valence-corrected chi connectivity index (χ0v) is 13.9. The second-order valence-corrected chi connectivity index (χ2v) is 5.75. The summed E-state index contributed by atoms with van der Waals surface area (Å²) in [5, 5.41) is 1.30. The van der Waals surface area contributed by atoms with E-state index in [2.05, 4.69) is 19.3 Å². The lowest BCUT2D eigenvalue weighted by Gasteiger charge is -2.14. The van der Waals surface area contributed by atoms with E-state index < -0.39 is 0 Å². The molecule has 0 atom stereocenters. The van der Waals surface area contributed by atoms with Gasteiger partial charge in [0.15, 0.2) is 0 Å². The Morgan fingerprint density at radius 3 is 1.96 bits per heavy atom. The van der Waals surface area contributed by atoms with Crippen molar-refractivity contribution in [3.8, 4) is 0 Å². The van der Waals surface area contributed by atoms with Gasteiger partial charge in [-0.05, 0) is 47.7 Å². The first-order chi connectivity index (χ1) is 11.6. The highest BCUT2D eigenvalue weighted by molar-refractivity contribution is 6.31. The first kappa shape index (κ1) is 16.0. The van der Waals surface area contributed by atoms with Gasteiger partial charge in [0, 0.05) is 0 Å². The molecule has 1 fully saturated rings. The van der Waals surface area contributed by atoms with E-state index in [1.54, 1.807) is 6.08 Å². The van der Waals surface area contributed by atoms with Crippen molar-refractivity contribution < 1.29 is 9.59 Å². The quantitative estimate of drug-likeness (QED) is 0.694. The normalized spacial score (nSPS) is 15.9. The van der Waals surface area contributed by atoms with Crippen molar-refractivity contribution in [1.82, 2.24) is 5.43 Å². The Kier molecular flexibility index (Phi) is 4.47. The second kappa shape index (κ2) is 6.71. The van der Waals surface area contributed by atoms with E-state index in [1.807, 2.05) is 48.5 Å². The van der Waals surface area contributed by atoms with Crippen LogP contribution in [0.5, 0.6) is 0 Å². The van der Waals surface area contributed by atoms with Crippen molar-refractivity contribution in [1.29, 1.82) is 0 Å². The number of anilines is 1. The molecule has 2 amide bonds. The average molecular weight is 320 g/mol. The third-order valence-corrected chi connectivity index (χ3v) is 4.19. The maximum absolute atomic E-state index is 12.6. The largest absolute Gasteiger partial charge is 0.282 e. The summed E-state index contributed by atoms with van der Waals surface area (Å²) >= 11 is 0. The summed E-state index contributed by atoms with van der Waals surface area (Å²) in [6, 6.07) is 15.5. The SMILES string of the molecule is CCc1ccc(C=C2C(=O)NN(c3ccc(CC)cc3)C2=O)cc1. The van der Waals surface area contributed by atoms with E-state index in [4.69, 9.17) is 0 Å². The summed E-state index contributed by atoms with van der Waals surface area (Å²) < 4.78 is 0. The molecule has 24 heavy (non-hydrogen) atoms. The lowest BCUT2D eigenvalue weighted by Crippen LogP contribution is -2.35. The van der Waals surface area contributed by atoms with Gasteiger partial charge in [-0.25, -0.2) is 5.01 Å². The van der Waals surface area contributed by atoms with Crippen molar-refractivity contribution in [2.75, 3.05) is 5.01 Å². The predicted molar refractivity (Wildman–Crippen MR) is 95.2 cm³/mol. The number of amides is 2. The molecule has 0 radical (unpaired) electrons. The molecule has 3 rings (SSSR count). The maximum Gasteiger partial charge on any atom is 0.282 e.